The molecule has 1 aliphatic rings. The summed E-state index contributed by atoms with van der Waals surface area (Å²) in [6, 6.07) is -0.0255. The van der Waals surface area contributed by atoms with Gasteiger partial charge in [0.2, 0.25) is 0 Å². The zero-order valence-corrected chi connectivity index (χ0v) is 12.8. The fourth-order valence-electron chi connectivity index (χ4n) is 3.21. The first-order valence-electron chi connectivity index (χ1n) is 6.69. The highest BCUT2D eigenvalue weighted by molar-refractivity contribution is 7.07. The zero-order valence-electron chi connectivity index (χ0n) is 12.0. The van der Waals surface area contributed by atoms with Crippen LogP contribution < -0.4 is 5.32 Å². The molecule has 1 aromatic rings. The first-order chi connectivity index (χ1) is 8.95. The lowest BCUT2D eigenvalue weighted by Crippen LogP contribution is -2.38. The van der Waals surface area contributed by atoms with Crippen molar-refractivity contribution in [2.75, 3.05) is 7.11 Å². The van der Waals surface area contributed by atoms with E-state index in [0.717, 1.165) is 18.5 Å². The monoisotopic (exact) mass is 282 g/mol. The molecule has 2 heterocycles. The van der Waals surface area contributed by atoms with Crippen molar-refractivity contribution < 1.29 is 9.53 Å². The quantitative estimate of drug-likeness (QED) is 0.863. The number of thiazole rings is 1. The Morgan fingerprint density at radius 2 is 2.42 bits per heavy atom. The second-order valence-electron chi connectivity index (χ2n) is 6.03. The molecule has 1 N–H and O–H groups in total. The van der Waals surface area contributed by atoms with E-state index in [9.17, 15) is 4.79 Å². The maximum atomic E-state index is 12.0. The summed E-state index contributed by atoms with van der Waals surface area (Å²) < 4.78 is 4.96. The summed E-state index contributed by atoms with van der Waals surface area (Å²) >= 11 is 1.56. The normalized spacial score (nSPS) is 30.8. The number of carbonyl (C=O) groups excluding carboxylic acids is 1. The molecule has 4 nitrogen and oxygen atoms in total. The number of esters is 1. The second-order valence-corrected chi connectivity index (χ2v) is 6.75. The molecule has 106 valence electrons. The summed E-state index contributed by atoms with van der Waals surface area (Å²) in [5.74, 6) is 0.304. The van der Waals surface area contributed by atoms with Crippen LogP contribution in [0.2, 0.25) is 0 Å². The molecule has 0 amide bonds. The molecular formula is C14H22N2O2S. The van der Waals surface area contributed by atoms with E-state index in [0.29, 0.717) is 5.92 Å². The average molecular weight is 282 g/mol. The van der Waals surface area contributed by atoms with Crippen LogP contribution in [0.5, 0.6) is 0 Å². The smallest absolute Gasteiger partial charge is 0.310 e. The van der Waals surface area contributed by atoms with E-state index < -0.39 is 0 Å². The Labute approximate surface area is 118 Å². The molecule has 0 spiro atoms. The van der Waals surface area contributed by atoms with E-state index in [1.165, 1.54) is 7.11 Å². The van der Waals surface area contributed by atoms with E-state index in [2.05, 4.69) is 31.1 Å². The molecular weight excluding hydrogens is 260 g/mol. The highest BCUT2D eigenvalue weighted by Crippen LogP contribution is 2.41. The van der Waals surface area contributed by atoms with Crippen molar-refractivity contribution >= 4 is 17.3 Å². The van der Waals surface area contributed by atoms with Gasteiger partial charge < -0.3 is 10.1 Å². The molecule has 5 heteroatoms. The molecule has 0 radical (unpaired) electrons. The minimum absolute atomic E-state index is 0.0255. The van der Waals surface area contributed by atoms with Gasteiger partial charge in [0.15, 0.2) is 0 Å². The lowest BCUT2D eigenvalue weighted by atomic mass is 9.86. The SMILES string of the molecule is COC(=O)[C@H]1C[C@](C)(CC(C)C)N[C@H]1c1cscn1. The lowest BCUT2D eigenvalue weighted by Gasteiger charge is -2.27. The van der Waals surface area contributed by atoms with Crippen LogP contribution in [0.15, 0.2) is 10.9 Å². The third kappa shape index (κ3) is 3.15. The van der Waals surface area contributed by atoms with Crippen LogP contribution >= 0.6 is 11.3 Å². The second kappa shape index (κ2) is 5.59. The van der Waals surface area contributed by atoms with E-state index in [1.807, 2.05) is 10.9 Å². The first kappa shape index (κ1) is 14.5. The minimum Gasteiger partial charge on any atom is -0.469 e. The summed E-state index contributed by atoms with van der Waals surface area (Å²) in [6.45, 7) is 6.60. The van der Waals surface area contributed by atoms with Gasteiger partial charge >= 0.3 is 5.97 Å². The van der Waals surface area contributed by atoms with Crippen molar-refractivity contribution in [2.45, 2.75) is 45.2 Å². The van der Waals surface area contributed by atoms with Gasteiger partial charge in [0.05, 0.1) is 30.3 Å². The summed E-state index contributed by atoms with van der Waals surface area (Å²) in [5.41, 5.74) is 2.73. The van der Waals surface area contributed by atoms with Gasteiger partial charge in [-0.15, -0.1) is 11.3 Å². The molecule has 1 fully saturated rings. The molecule has 3 atom stereocenters. The summed E-state index contributed by atoms with van der Waals surface area (Å²) in [5, 5.41) is 5.62. The van der Waals surface area contributed by atoms with E-state index in [4.69, 9.17) is 4.74 Å². The van der Waals surface area contributed by atoms with Crippen LogP contribution in [0.1, 0.15) is 45.3 Å². The summed E-state index contributed by atoms with van der Waals surface area (Å²) in [4.78, 5) is 16.4. The average Bonchev–Trinajstić information content (AvgIpc) is 2.94. The fraction of sp³-hybridized carbons (Fsp3) is 0.714. The number of hydrogen-bond donors (Lipinski definition) is 1. The molecule has 1 aliphatic heterocycles. The lowest BCUT2D eigenvalue weighted by molar-refractivity contribution is -0.145. The molecule has 19 heavy (non-hydrogen) atoms. The van der Waals surface area contributed by atoms with Gasteiger partial charge in [0.25, 0.3) is 0 Å². The Balaban J connectivity index is 2.22. The largest absolute Gasteiger partial charge is 0.469 e. The third-order valence-corrected chi connectivity index (χ3v) is 4.31. The Morgan fingerprint density at radius 1 is 1.68 bits per heavy atom. The van der Waals surface area contributed by atoms with Crippen LogP contribution in [0.25, 0.3) is 0 Å². The van der Waals surface area contributed by atoms with Gasteiger partial charge in [0.1, 0.15) is 0 Å². The molecule has 0 aliphatic carbocycles. The van der Waals surface area contributed by atoms with Gasteiger partial charge in [0, 0.05) is 10.9 Å². The first-order valence-corrected chi connectivity index (χ1v) is 7.63. The number of carbonyl (C=O) groups is 1. The number of ether oxygens (including phenoxy) is 1. The van der Waals surface area contributed by atoms with Crippen molar-refractivity contribution in [3.63, 3.8) is 0 Å². The van der Waals surface area contributed by atoms with Crippen LogP contribution in [0, 0.1) is 11.8 Å². The zero-order chi connectivity index (χ0) is 14.0. The highest BCUT2D eigenvalue weighted by atomic mass is 32.1. The Bertz CT molecular complexity index is 433. The van der Waals surface area contributed by atoms with Gasteiger partial charge in [-0.2, -0.15) is 0 Å². The number of nitrogens with zero attached hydrogens (tertiary/aromatic N) is 1. The molecule has 0 unspecified atom stereocenters. The van der Waals surface area contributed by atoms with Crippen molar-refractivity contribution in [1.29, 1.82) is 0 Å². The topological polar surface area (TPSA) is 51.2 Å². The molecule has 0 bridgehead atoms. The third-order valence-electron chi connectivity index (χ3n) is 3.71. The number of aromatic nitrogens is 1. The van der Waals surface area contributed by atoms with Gasteiger partial charge in [-0.25, -0.2) is 4.98 Å². The van der Waals surface area contributed by atoms with Crippen LogP contribution in [0.4, 0.5) is 0 Å². The van der Waals surface area contributed by atoms with Crippen molar-refractivity contribution in [3.05, 3.63) is 16.6 Å². The molecule has 1 saturated heterocycles. The van der Waals surface area contributed by atoms with Crippen molar-refractivity contribution in [1.82, 2.24) is 10.3 Å². The Kier molecular flexibility index (Phi) is 4.26. The van der Waals surface area contributed by atoms with Gasteiger partial charge in [-0.3, -0.25) is 4.79 Å². The molecule has 0 aromatic carbocycles. The van der Waals surface area contributed by atoms with Gasteiger partial charge in [-0.05, 0) is 25.7 Å². The van der Waals surface area contributed by atoms with Crippen LogP contribution in [-0.2, 0) is 9.53 Å². The maximum Gasteiger partial charge on any atom is 0.310 e. The Morgan fingerprint density at radius 3 is 2.95 bits per heavy atom. The highest BCUT2D eigenvalue weighted by Gasteiger charge is 2.46. The van der Waals surface area contributed by atoms with E-state index in [-0.39, 0.29) is 23.5 Å². The number of rotatable bonds is 4. The van der Waals surface area contributed by atoms with Crippen LogP contribution in [-0.4, -0.2) is 23.6 Å². The minimum atomic E-state index is -0.143. The van der Waals surface area contributed by atoms with Crippen molar-refractivity contribution in [3.8, 4) is 0 Å². The van der Waals surface area contributed by atoms with Crippen molar-refractivity contribution in [2.24, 2.45) is 11.8 Å². The predicted molar refractivity (Wildman–Crippen MR) is 76.0 cm³/mol. The number of methoxy groups -OCH3 is 1. The fourth-order valence-corrected chi connectivity index (χ4v) is 3.80. The molecule has 0 saturated carbocycles. The van der Waals surface area contributed by atoms with E-state index >= 15 is 0 Å². The van der Waals surface area contributed by atoms with E-state index in [1.54, 1.807) is 11.3 Å². The maximum absolute atomic E-state index is 12.0. The Hall–Kier alpha value is -0.940. The van der Waals surface area contributed by atoms with Gasteiger partial charge in [-0.1, -0.05) is 13.8 Å². The molecule has 1 aromatic heterocycles. The molecule has 2 rings (SSSR count). The summed E-state index contributed by atoms with van der Waals surface area (Å²) in [7, 11) is 1.46. The van der Waals surface area contributed by atoms with Crippen LogP contribution in [0.3, 0.4) is 0 Å². The number of nitrogens with one attached hydrogen (secondary N) is 1. The predicted octanol–water partition coefficient (Wildman–Crippen LogP) is 2.77. The number of hydrogen-bond acceptors (Lipinski definition) is 5. The standard InChI is InChI=1S/C14H22N2O2S/c1-9(2)5-14(3)6-10(13(17)18-4)12(16-14)11-7-19-8-15-11/h7-10,12,16H,5-6H2,1-4H3/t10-,12+,14-/m0/s1. The summed E-state index contributed by atoms with van der Waals surface area (Å²) in [6.07, 6.45) is 1.85.